The topological polar surface area (TPSA) is 69.6 Å². The minimum atomic E-state index is -0.298. The van der Waals surface area contributed by atoms with Crippen LogP contribution >= 0.6 is 0 Å². The molecule has 5 heteroatoms. The maximum Gasteiger partial charge on any atom is 0.225 e. The van der Waals surface area contributed by atoms with E-state index in [-0.39, 0.29) is 35.7 Å². The molecule has 1 saturated heterocycles. The van der Waals surface area contributed by atoms with Gasteiger partial charge in [0, 0.05) is 37.6 Å². The van der Waals surface area contributed by atoms with E-state index in [2.05, 4.69) is 5.32 Å². The highest BCUT2D eigenvalue weighted by Gasteiger charge is 2.36. The number of nitrogens with one attached hydrogen (secondary N) is 1. The van der Waals surface area contributed by atoms with Crippen molar-refractivity contribution in [1.29, 1.82) is 0 Å². The second-order valence-electron chi connectivity index (χ2n) is 6.94. The van der Waals surface area contributed by atoms with Crippen LogP contribution in [0.1, 0.15) is 39.5 Å². The standard InChI is InChI=1S/C15H26N2O3/c1-15(2,10-18)9-16-13(19)12-4-3-7-17(8-12)14(20)11-5-6-11/h11-12,18H,3-10H2,1-2H3,(H,16,19). The lowest BCUT2D eigenvalue weighted by Crippen LogP contribution is -2.47. The first-order valence-corrected chi connectivity index (χ1v) is 7.60. The Morgan fingerprint density at radius 1 is 1.25 bits per heavy atom. The van der Waals surface area contributed by atoms with Crippen LogP contribution in [0.25, 0.3) is 0 Å². The fourth-order valence-corrected chi connectivity index (χ4v) is 2.51. The molecule has 1 unspecified atom stereocenters. The molecule has 2 amide bonds. The van der Waals surface area contributed by atoms with Crippen LogP contribution in [0, 0.1) is 17.3 Å². The largest absolute Gasteiger partial charge is 0.396 e. The van der Waals surface area contributed by atoms with E-state index >= 15 is 0 Å². The summed E-state index contributed by atoms with van der Waals surface area (Å²) in [4.78, 5) is 26.1. The summed E-state index contributed by atoms with van der Waals surface area (Å²) in [6.45, 7) is 5.69. The van der Waals surface area contributed by atoms with E-state index in [0.717, 1.165) is 32.2 Å². The van der Waals surface area contributed by atoms with E-state index < -0.39 is 0 Å². The number of hydrogen-bond acceptors (Lipinski definition) is 3. The molecule has 2 rings (SSSR count). The van der Waals surface area contributed by atoms with Crippen molar-refractivity contribution in [2.75, 3.05) is 26.2 Å². The quantitative estimate of drug-likeness (QED) is 0.782. The molecule has 114 valence electrons. The summed E-state index contributed by atoms with van der Waals surface area (Å²) >= 11 is 0. The Labute approximate surface area is 120 Å². The Hall–Kier alpha value is -1.10. The minimum Gasteiger partial charge on any atom is -0.396 e. The Bertz CT molecular complexity index is 377. The summed E-state index contributed by atoms with van der Waals surface area (Å²) in [5.41, 5.74) is -0.298. The van der Waals surface area contributed by atoms with E-state index in [1.807, 2.05) is 18.7 Å². The van der Waals surface area contributed by atoms with Crippen LogP contribution in [-0.2, 0) is 9.59 Å². The number of aliphatic hydroxyl groups excluding tert-OH is 1. The number of hydrogen-bond donors (Lipinski definition) is 2. The molecular formula is C15H26N2O3. The highest BCUT2D eigenvalue weighted by Crippen LogP contribution is 2.32. The molecule has 5 nitrogen and oxygen atoms in total. The summed E-state index contributed by atoms with van der Waals surface area (Å²) in [6, 6.07) is 0. The normalized spacial score (nSPS) is 23.6. The molecule has 0 bridgehead atoms. The van der Waals surface area contributed by atoms with Crippen molar-refractivity contribution in [2.24, 2.45) is 17.3 Å². The van der Waals surface area contributed by atoms with Gasteiger partial charge in [-0.05, 0) is 25.7 Å². The monoisotopic (exact) mass is 282 g/mol. The van der Waals surface area contributed by atoms with E-state index in [1.165, 1.54) is 0 Å². The number of carbonyl (C=O) groups is 2. The van der Waals surface area contributed by atoms with Crippen LogP contribution < -0.4 is 5.32 Å². The third-order valence-corrected chi connectivity index (χ3v) is 4.20. The zero-order valence-corrected chi connectivity index (χ0v) is 12.5. The van der Waals surface area contributed by atoms with Gasteiger partial charge >= 0.3 is 0 Å². The highest BCUT2D eigenvalue weighted by molar-refractivity contribution is 5.83. The number of carbonyl (C=O) groups excluding carboxylic acids is 2. The van der Waals surface area contributed by atoms with Crippen molar-refractivity contribution in [3.05, 3.63) is 0 Å². The van der Waals surface area contributed by atoms with Crippen LogP contribution in [0.2, 0.25) is 0 Å². The van der Waals surface area contributed by atoms with Gasteiger partial charge in [-0.25, -0.2) is 0 Å². The number of likely N-dealkylation sites (tertiary alicyclic amines) is 1. The number of amides is 2. The number of piperidine rings is 1. The third-order valence-electron chi connectivity index (χ3n) is 4.20. The van der Waals surface area contributed by atoms with E-state index in [4.69, 9.17) is 0 Å². The summed E-state index contributed by atoms with van der Waals surface area (Å²) < 4.78 is 0. The van der Waals surface area contributed by atoms with Gasteiger partial charge in [0.05, 0.1) is 5.92 Å². The summed E-state index contributed by atoms with van der Waals surface area (Å²) in [6.07, 6.45) is 3.77. The summed E-state index contributed by atoms with van der Waals surface area (Å²) in [5, 5.41) is 12.1. The zero-order valence-electron chi connectivity index (χ0n) is 12.5. The minimum absolute atomic E-state index is 0.0137. The van der Waals surface area contributed by atoms with Gasteiger partial charge in [-0.2, -0.15) is 0 Å². The number of aliphatic hydroxyl groups is 1. The SMILES string of the molecule is CC(C)(CO)CNC(=O)C1CCCN(C(=O)C2CC2)C1. The van der Waals surface area contributed by atoms with Crippen molar-refractivity contribution >= 4 is 11.8 Å². The Morgan fingerprint density at radius 3 is 2.55 bits per heavy atom. The Morgan fingerprint density at radius 2 is 1.95 bits per heavy atom. The van der Waals surface area contributed by atoms with Gasteiger partial charge in [-0.15, -0.1) is 0 Å². The predicted octanol–water partition coefficient (Wildman–Crippen LogP) is 0.770. The molecule has 0 aromatic carbocycles. The van der Waals surface area contributed by atoms with Crippen molar-refractivity contribution in [3.63, 3.8) is 0 Å². The maximum absolute atomic E-state index is 12.2. The first-order valence-electron chi connectivity index (χ1n) is 7.60. The molecule has 0 spiro atoms. The van der Waals surface area contributed by atoms with Gasteiger partial charge in [0.15, 0.2) is 0 Å². The fourth-order valence-electron chi connectivity index (χ4n) is 2.51. The Kier molecular flexibility index (Phi) is 4.68. The van der Waals surface area contributed by atoms with Crippen molar-refractivity contribution in [3.8, 4) is 0 Å². The molecule has 1 atom stereocenters. The van der Waals surface area contributed by atoms with Gasteiger partial charge in [-0.1, -0.05) is 13.8 Å². The summed E-state index contributed by atoms with van der Waals surface area (Å²) in [7, 11) is 0. The Balaban J connectivity index is 1.82. The average Bonchev–Trinajstić information content (AvgIpc) is 3.29. The molecule has 2 N–H and O–H groups in total. The first kappa shape index (κ1) is 15.3. The average molecular weight is 282 g/mol. The van der Waals surface area contributed by atoms with Gasteiger partial charge in [0.2, 0.25) is 11.8 Å². The molecule has 1 heterocycles. The molecule has 1 aliphatic heterocycles. The van der Waals surface area contributed by atoms with Crippen LogP contribution in [0.4, 0.5) is 0 Å². The number of nitrogens with zero attached hydrogens (tertiary/aromatic N) is 1. The lowest BCUT2D eigenvalue weighted by atomic mass is 9.93. The second-order valence-corrected chi connectivity index (χ2v) is 6.94. The van der Waals surface area contributed by atoms with Gasteiger partial charge < -0.3 is 15.3 Å². The van der Waals surface area contributed by atoms with Crippen molar-refractivity contribution in [1.82, 2.24) is 10.2 Å². The molecule has 0 aromatic rings. The summed E-state index contributed by atoms with van der Waals surface area (Å²) in [5.74, 6) is 0.379. The lowest BCUT2D eigenvalue weighted by Gasteiger charge is -2.33. The van der Waals surface area contributed by atoms with Crippen LogP contribution in [0.5, 0.6) is 0 Å². The molecule has 0 aromatic heterocycles. The molecule has 0 radical (unpaired) electrons. The van der Waals surface area contributed by atoms with Gasteiger partial charge in [-0.3, -0.25) is 9.59 Å². The van der Waals surface area contributed by atoms with E-state index in [0.29, 0.717) is 13.1 Å². The second kappa shape index (κ2) is 6.12. The van der Waals surface area contributed by atoms with Gasteiger partial charge in [0.25, 0.3) is 0 Å². The maximum atomic E-state index is 12.2. The number of rotatable bonds is 5. The molecule has 20 heavy (non-hydrogen) atoms. The lowest BCUT2D eigenvalue weighted by molar-refractivity contribution is -0.136. The van der Waals surface area contributed by atoms with Crippen LogP contribution in [0.3, 0.4) is 0 Å². The first-order chi connectivity index (χ1) is 9.43. The smallest absolute Gasteiger partial charge is 0.225 e. The predicted molar refractivity (Wildman–Crippen MR) is 75.9 cm³/mol. The van der Waals surface area contributed by atoms with E-state index in [1.54, 1.807) is 0 Å². The van der Waals surface area contributed by atoms with E-state index in [9.17, 15) is 14.7 Å². The third kappa shape index (κ3) is 3.95. The van der Waals surface area contributed by atoms with Crippen LogP contribution in [0.15, 0.2) is 0 Å². The molecule has 2 aliphatic rings. The molecule has 1 saturated carbocycles. The van der Waals surface area contributed by atoms with Crippen molar-refractivity contribution < 1.29 is 14.7 Å². The highest BCUT2D eigenvalue weighted by atomic mass is 16.3. The fraction of sp³-hybridized carbons (Fsp3) is 0.867. The molecular weight excluding hydrogens is 256 g/mol. The molecule has 2 fully saturated rings. The van der Waals surface area contributed by atoms with Gasteiger partial charge in [0.1, 0.15) is 0 Å². The molecule has 1 aliphatic carbocycles. The van der Waals surface area contributed by atoms with Crippen LogP contribution in [-0.4, -0.2) is 48.1 Å². The van der Waals surface area contributed by atoms with Crippen molar-refractivity contribution in [2.45, 2.75) is 39.5 Å². The zero-order chi connectivity index (χ0) is 14.8.